The minimum Gasteiger partial charge on any atom is -0.391 e. The van der Waals surface area contributed by atoms with E-state index in [4.69, 9.17) is 0 Å². The van der Waals surface area contributed by atoms with Gasteiger partial charge in [0.15, 0.2) is 0 Å². The molecular weight excluding hydrogens is 292 g/mol. The predicted octanol–water partition coefficient (Wildman–Crippen LogP) is 0.501. The SMILES string of the molecule is CC(C)C(O)CNS(=O)(=O)c1ccc2c(c1)CC(=O)N2C. The Kier molecular flexibility index (Phi) is 4.36. The molecule has 2 N–H and O–H groups in total. The van der Waals surface area contributed by atoms with Crippen molar-refractivity contribution in [2.24, 2.45) is 5.92 Å². The Hall–Kier alpha value is -1.44. The van der Waals surface area contributed by atoms with Gasteiger partial charge in [-0.2, -0.15) is 0 Å². The average molecular weight is 312 g/mol. The molecule has 1 atom stereocenters. The number of hydrogen-bond acceptors (Lipinski definition) is 4. The summed E-state index contributed by atoms with van der Waals surface area (Å²) in [4.78, 5) is 13.2. The van der Waals surface area contributed by atoms with E-state index in [1.54, 1.807) is 13.1 Å². The van der Waals surface area contributed by atoms with Crippen molar-refractivity contribution in [2.45, 2.75) is 31.3 Å². The Morgan fingerprint density at radius 3 is 2.67 bits per heavy atom. The zero-order valence-electron chi connectivity index (χ0n) is 12.3. The number of hydrogen-bond donors (Lipinski definition) is 2. The van der Waals surface area contributed by atoms with E-state index in [-0.39, 0.29) is 29.7 Å². The summed E-state index contributed by atoms with van der Waals surface area (Å²) in [6, 6.07) is 4.62. The molecule has 0 saturated carbocycles. The molecule has 1 aliphatic heterocycles. The number of carbonyl (C=O) groups is 1. The van der Waals surface area contributed by atoms with E-state index in [9.17, 15) is 18.3 Å². The topological polar surface area (TPSA) is 86.7 Å². The average Bonchev–Trinajstić information content (AvgIpc) is 2.71. The Labute approximate surface area is 124 Å². The van der Waals surface area contributed by atoms with Crippen LogP contribution in [0.4, 0.5) is 5.69 Å². The lowest BCUT2D eigenvalue weighted by atomic mass is 10.1. The Morgan fingerprint density at radius 2 is 2.05 bits per heavy atom. The third kappa shape index (κ3) is 3.25. The number of benzene rings is 1. The number of nitrogens with zero attached hydrogens (tertiary/aromatic N) is 1. The molecule has 1 aliphatic rings. The number of aliphatic hydroxyl groups excluding tert-OH is 1. The predicted molar refractivity (Wildman–Crippen MR) is 79.6 cm³/mol. The van der Waals surface area contributed by atoms with Crippen LogP contribution < -0.4 is 9.62 Å². The zero-order chi connectivity index (χ0) is 15.8. The van der Waals surface area contributed by atoms with Gasteiger partial charge in [0, 0.05) is 19.3 Å². The maximum absolute atomic E-state index is 12.2. The number of likely N-dealkylation sites (N-methyl/N-ethyl adjacent to an activating group) is 1. The molecule has 1 aromatic carbocycles. The van der Waals surface area contributed by atoms with Gasteiger partial charge in [-0.1, -0.05) is 13.8 Å². The van der Waals surface area contributed by atoms with Crippen LogP contribution in [0.2, 0.25) is 0 Å². The maximum atomic E-state index is 12.2. The van der Waals surface area contributed by atoms with Crippen LogP contribution in [0.1, 0.15) is 19.4 Å². The van der Waals surface area contributed by atoms with Crippen LogP contribution in [0.3, 0.4) is 0 Å². The van der Waals surface area contributed by atoms with Gasteiger partial charge < -0.3 is 10.0 Å². The van der Waals surface area contributed by atoms with Crippen molar-refractivity contribution in [3.8, 4) is 0 Å². The van der Waals surface area contributed by atoms with Crippen molar-refractivity contribution in [1.29, 1.82) is 0 Å². The van der Waals surface area contributed by atoms with Crippen molar-refractivity contribution in [3.63, 3.8) is 0 Å². The zero-order valence-corrected chi connectivity index (χ0v) is 13.1. The number of aliphatic hydroxyl groups is 1. The number of sulfonamides is 1. The van der Waals surface area contributed by atoms with Crippen molar-refractivity contribution in [2.75, 3.05) is 18.5 Å². The molecule has 1 heterocycles. The molecule has 0 saturated heterocycles. The molecule has 0 spiro atoms. The van der Waals surface area contributed by atoms with E-state index >= 15 is 0 Å². The molecule has 21 heavy (non-hydrogen) atoms. The van der Waals surface area contributed by atoms with Crippen molar-refractivity contribution in [1.82, 2.24) is 4.72 Å². The van der Waals surface area contributed by atoms with Crippen LogP contribution in [0.15, 0.2) is 23.1 Å². The third-order valence-corrected chi connectivity index (χ3v) is 5.11. The second kappa shape index (κ2) is 5.75. The van der Waals surface area contributed by atoms with E-state index in [1.807, 2.05) is 13.8 Å². The molecule has 1 aromatic rings. The van der Waals surface area contributed by atoms with E-state index in [2.05, 4.69) is 4.72 Å². The maximum Gasteiger partial charge on any atom is 0.240 e. The lowest BCUT2D eigenvalue weighted by molar-refractivity contribution is -0.117. The standard InChI is InChI=1S/C14H20N2O4S/c1-9(2)13(17)8-15-21(19,20)11-4-5-12-10(6-11)7-14(18)16(12)3/h4-6,9,13,15,17H,7-8H2,1-3H3. The van der Waals surface area contributed by atoms with Gasteiger partial charge in [-0.05, 0) is 29.7 Å². The van der Waals surface area contributed by atoms with Gasteiger partial charge in [-0.25, -0.2) is 13.1 Å². The second-order valence-corrected chi connectivity index (χ2v) is 7.35. The molecule has 0 aromatic heterocycles. The molecule has 1 amide bonds. The fourth-order valence-corrected chi connectivity index (χ4v) is 3.23. The van der Waals surface area contributed by atoms with Crippen molar-refractivity contribution < 1.29 is 18.3 Å². The van der Waals surface area contributed by atoms with Crippen LogP contribution in [0.25, 0.3) is 0 Å². The summed E-state index contributed by atoms with van der Waals surface area (Å²) in [6.07, 6.45) is -0.522. The number of amides is 1. The summed E-state index contributed by atoms with van der Waals surface area (Å²) in [7, 11) is -2.02. The van der Waals surface area contributed by atoms with Crippen LogP contribution >= 0.6 is 0 Å². The Balaban J connectivity index is 2.19. The van der Waals surface area contributed by atoms with E-state index in [0.717, 1.165) is 5.69 Å². The summed E-state index contributed by atoms with van der Waals surface area (Å²) >= 11 is 0. The fraction of sp³-hybridized carbons (Fsp3) is 0.500. The van der Waals surface area contributed by atoms with Gasteiger partial charge in [0.05, 0.1) is 17.4 Å². The lowest BCUT2D eigenvalue weighted by Crippen LogP contribution is -2.34. The van der Waals surface area contributed by atoms with Gasteiger partial charge in [-0.15, -0.1) is 0 Å². The number of rotatable bonds is 5. The highest BCUT2D eigenvalue weighted by Gasteiger charge is 2.26. The first-order valence-electron chi connectivity index (χ1n) is 6.79. The largest absolute Gasteiger partial charge is 0.391 e. The molecule has 116 valence electrons. The van der Waals surface area contributed by atoms with Gasteiger partial charge in [0.25, 0.3) is 0 Å². The highest BCUT2D eigenvalue weighted by Crippen LogP contribution is 2.29. The molecule has 0 fully saturated rings. The molecule has 7 heteroatoms. The van der Waals surface area contributed by atoms with Gasteiger partial charge in [0.1, 0.15) is 0 Å². The van der Waals surface area contributed by atoms with Gasteiger partial charge in [-0.3, -0.25) is 4.79 Å². The lowest BCUT2D eigenvalue weighted by Gasteiger charge is -2.16. The third-order valence-electron chi connectivity index (χ3n) is 3.69. The van der Waals surface area contributed by atoms with Gasteiger partial charge in [0.2, 0.25) is 15.9 Å². The highest BCUT2D eigenvalue weighted by atomic mass is 32.2. The van der Waals surface area contributed by atoms with E-state index in [0.29, 0.717) is 5.56 Å². The summed E-state index contributed by atoms with van der Waals surface area (Å²) in [6.45, 7) is 3.60. The second-order valence-electron chi connectivity index (χ2n) is 5.58. The molecule has 0 bridgehead atoms. The first kappa shape index (κ1) is 15.9. The summed E-state index contributed by atoms with van der Waals surface area (Å²) in [5.41, 5.74) is 1.44. The first-order valence-corrected chi connectivity index (χ1v) is 8.28. The minimum atomic E-state index is -3.69. The summed E-state index contributed by atoms with van der Waals surface area (Å²) in [5.74, 6) is -0.0817. The molecular formula is C14H20N2O4S. The Bertz CT molecular complexity index is 655. The monoisotopic (exact) mass is 312 g/mol. The molecule has 0 aliphatic carbocycles. The number of fused-ring (bicyclic) bond motifs is 1. The number of nitrogens with one attached hydrogen (secondary N) is 1. The van der Waals surface area contributed by atoms with E-state index < -0.39 is 16.1 Å². The smallest absolute Gasteiger partial charge is 0.240 e. The minimum absolute atomic E-state index is 0.0287. The van der Waals surface area contributed by atoms with Crippen molar-refractivity contribution in [3.05, 3.63) is 23.8 Å². The normalized spacial score (nSPS) is 16.4. The quantitative estimate of drug-likeness (QED) is 0.829. The summed E-state index contributed by atoms with van der Waals surface area (Å²) < 4.78 is 26.8. The number of carbonyl (C=O) groups excluding carboxylic acids is 1. The van der Waals surface area contributed by atoms with Crippen LogP contribution in [0.5, 0.6) is 0 Å². The van der Waals surface area contributed by atoms with Crippen LogP contribution in [0, 0.1) is 5.92 Å². The van der Waals surface area contributed by atoms with Gasteiger partial charge >= 0.3 is 0 Å². The van der Waals surface area contributed by atoms with Crippen molar-refractivity contribution >= 4 is 21.6 Å². The number of anilines is 1. The summed E-state index contributed by atoms with van der Waals surface area (Å²) in [5, 5.41) is 9.68. The van der Waals surface area contributed by atoms with Crippen LogP contribution in [-0.2, 0) is 21.2 Å². The molecule has 2 rings (SSSR count). The Morgan fingerprint density at radius 1 is 1.38 bits per heavy atom. The highest BCUT2D eigenvalue weighted by molar-refractivity contribution is 7.89. The molecule has 0 radical (unpaired) electrons. The fourth-order valence-electron chi connectivity index (χ4n) is 2.13. The molecule has 6 nitrogen and oxygen atoms in total. The van der Waals surface area contributed by atoms with Crippen LogP contribution in [-0.4, -0.2) is 39.1 Å². The first-order chi connectivity index (χ1) is 9.72. The molecule has 1 unspecified atom stereocenters. The van der Waals surface area contributed by atoms with E-state index in [1.165, 1.54) is 17.0 Å².